The van der Waals surface area contributed by atoms with Gasteiger partial charge >= 0.3 is 0 Å². The first-order chi connectivity index (χ1) is 18.3. The maximum absolute atomic E-state index is 14.1. The lowest BCUT2D eigenvalue weighted by molar-refractivity contribution is -0.133. The second-order valence-electron chi connectivity index (χ2n) is 10.9. The van der Waals surface area contributed by atoms with Crippen LogP contribution in [0.15, 0.2) is 54.6 Å². The smallest absolute Gasteiger partial charge is 0.240 e. The summed E-state index contributed by atoms with van der Waals surface area (Å²) in [6, 6.07) is 18.7. The van der Waals surface area contributed by atoms with Gasteiger partial charge in [0.25, 0.3) is 0 Å². The number of aryl methyl sites for hydroxylation is 2. The number of aliphatic hydroxyl groups is 1. The number of rotatable bonds is 4. The molecule has 1 aromatic heterocycles. The van der Waals surface area contributed by atoms with Crippen LogP contribution >= 0.6 is 0 Å². The van der Waals surface area contributed by atoms with E-state index in [-0.39, 0.29) is 18.2 Å². The molecule has 3 aliphatic rings. The number of aliphatic hydroxyl groups excluding tert-OH is 1. The molecule has 1 N–H and O–H groups in total. The summed E-state index contributed by atoms with van der Waals surface area (Å²) in [5.41, 5.74) is 1.50. The van der Waals surface area contributed by atoms with Gasteiger partial charge in [-0.3, -0.25) is 9.59 Å². The lowest BCUT2D eigenvalue weighted by Gasteiger charge is -2.33. The van der Waals surface area contributed by atoms with Crippen molar-refractivity contribution in [2.45, 2.75) is 50.5 Å². The number of carbonyl (C=O) groups is 2. The number of hydrogen-bond acceptors (Lipinski definition) is 7. The van der Waals surface area contributed by atoms with Gasteiger partial charge in [0.1, 0.15) is 11.1 Å². The van der Waals surface area contributed by atoms with Crippen LogP contribution in [0, 0.1) is 30.1 Å². The number of carbonyl (C=O) groups excluding carboxylic acids is 2. The van der Waals surface area contributed by atoms with Crippen molar-refractivity contribution in [3.63, 3.8) is 0 Å². The van der Waals surface area contributed by atoms with E-state index in [2.05, 4.69) is 16.4 Å². The van der Waals surface area contributed by atoms with Crippen LogP contribution in [0.5, 0.6) is 0 Å². The van der Waals surface area contributed by atoms with Crippen molar-refractivity contribution < 1.29 is 19.4 Å². The lowest BCUT2D eigenvalue weighted by atomic mass is 9.66. The number of nitrogens with zero attached hydrogens (tertiary/aromatic N) is 5. The standard InChI is InChI=1S/C29H25N5O4/c1-16-7-9-20-22(13-16)33(32-31-20)12-11-29-14-23(35)28(2,38-29)24-25(29)27(37)34(26(24)36)21-10-8-17(15-30)18-5-3-4-6-19(18)21/h3-10,13,23-25,35H,11-12,14H2,1-2H3/t23-,24-,25+,28-,29+/m0/s1. The van der Waals surface area contributed by atoms with E-state index >= 15 is 0 Å². The molecule has 3 fully saturated rings. The van der Waals surface area contributed by atoms with E-state index < -0.39 is 29.1 Å². The number of anilines is 1. The van der Waals surface area contributed by atoms with Crippen LogP contribution < -0.4 is 4.90 Å². The molecule has 3 saturated heterocycles. The third-order valence-corrected chi connectivity index (χ3v) is 8.79. The molecule has 0 radical (unpaired) electrons. The molecule has 0 spiro atoms. The van der Waals surface area contributed by atoms with Gasteiger partial charge in [0.15, 0.2) is 0 Å². The quantitative estimate of drug-likeness (QED) is 0.421. The van der Waals surface area contributed by atoms with Crippen LogP contribution in [0.25, 0.3) is 21.8 Å². The minimum absolute atomic E-state index is 0.261. The van der Waals surface area contributed by atoms with Crippen LogP contribution in [0.4, 0.5) is 5.69 Å². The molecule has 38 heavy (non-hydrogen) atoms. The number of benzene rings is 3. The highest BCUT2D eigenvalue weighted by Crippen LogP contribution is 2.62. The fourth-order valence-corrected chi connectivity index (χ4v) is 6.97. The second kappa shape index (κ2) is 7.69. The van der Waals surface area contributed by atoms with Crippen molar-refractivity contribution in [3.8, 4) is 6.07 Å². The third-order valence-electron chi connectivity index (χ3n) is 8.79. The zero-order valence-electron chi connectivity index (χ0n) is 21.0. The monoisotopic (exact) mass is 507 g/mol. The van der Waals surface area contributed by atoms with Crippen molar-refractivity contribution in [2.24, 2.45) is 11.8 Å². The van der Waals surface area contributed by atoms with E-state index in [1.165, 1.54) is 4.90 Å². The van der Waals surface area contributed by atoms with E-state index in [0.29, 0.717) is 35.0 Å². The van der Waals surface area contributed by atoms with Crippen molar-refractivity contribution in [1.82, 2.24) is 15.0 Å². The van der Waals surface area contributed by atoms with Gasteiger partial charge in [0.2, 0.25) is 11.8 Å². The SMILES string of the molecule is Cc1ccc2nnn(CC[C@]34C[C@H](O)[C@](C)(O3)[C@@H]3C(=O)N(c5ccc(C#N)c6ccccc56)C(=O)[C@@H]34)c2c1. The Morgan fingerprint density at radius 1 is 1.11 bits per heavy atom. The fourth-order valence-electron chi connectivity index (χ4n) is 6.97. The molecule has 0 aliphatic carbocycles. The van der Waals surface area contributed by atoms with E-state index in [9.17, 15) is 20.0 Å². The van der Waals surface area contributed by atoms with Crippen LogP contribution in [0.3, 0.4) is 0 Å². The largest absolute Gasteiger partial charge is 0.390 e. The minimum atomic E-state index is -1.17. The Hall–Kier alpha value is -4.13. The van der Waals surface area contributed by atoms with E-state index in [4.69, 9.17) is 4.74 Å². The number of hydrogen-bond donors (Lipinski definition) is 1. The molecule has 9 nitrogen and oxygen atoms in total. The van der Waals surface area contributed by atoms with Gasteiger partial charge in [-0.2, -0.15) is 5.26 Å². The van der Waals surface area contributed by atoms with Crippen LogP contribution in [0.1, 0.15) is 30.9 Å². The third kappa shape index (κ3) is 2.87. The van der Waals surface area contributed by atoms with Crippen LogP contribution in [-0.2, 0) is 20.9 Å². The van der Waals surface area contributed by atoms with E-state index in [0.717, 1.165) is 16.6 Å². The summed E-state index contributed by atoms with van der Waals surface area (Å²) in [5, 5.41) is 30.5. The predicted molar refractivity (Wildman–Crippen MR) is 138 cm³/mol. The summed E-state index contributed by atoms with van der Waals surface area (Å²) in [6.07, 6.45) is -0.223. The number of ether oxygens (including phenoxy) is 1. The Morgan fingerprint density at radius 2 is 1.87 bits per heavy atom. The summed E-state index contributed by atoms with van der Waals surface area (Å²) >= 11 is 0. The molecule has 7 rings (SSSR count). The van der Waals surface area contributed by atoms with Crippen LogP contribution in [-0.4, -0.2) is 49.2 Å². The molecule has 0 unspecified atom stereocenters. The number of imide groups is 1. The number of fused-ring (bicyclic) bond motifs is 7. The summed E-state index contributed by atoms with van der Waals surface area (Å²) in [7, 11) is 0. The highest BCUT2D eigenvalue weighted by atomic mass is 16.6. The summed E-state index contributed by atoms with van der Waals surface area (Å²) in [5.74, 6) is -2.23. The van der Waals surface area contributed by atoms with E-state index in [1.54, 1.807) is 23.7 Å². The molecule has 4 heterocycles. The topological polar surface area (TPSA) is 121 Å². The Labute approximate surface area is 218 Å². The number of amides is 2. The number of aromatic nitrogens is 3. The second-order valence-corrected chi connectivity index (χ2v) is 10.9. The van der Waals surface area contributed by atoms with Gasteiger partial charge < -0.3 is 9.84 Å². The highest BCUT2D eigenvalue weighted by molar-refractivity contribution is 6.26. The number of nitriles is 1. The summed E-state index contributed by atoms with van der Waals surface area (Å²) < 4.78 is 8.28. The van der Waals surface area contributed by atoms with Gasteiger partial charge in [-0.25, -0.2) is 9.58 Å². The highest BCUT2D eigenvalue weighted by Gasteiger charge is 2.77. The first-order valence-corrected chi connectivity index (χ1v) is 12.8. The zero-order valence-corrected chi connectivity index (χ0v) is 21.0. The molecule has 0 saturated carbocycles. The van der Waals surface area contributed by atoms with Gasteiger partial charge in [-0.1, -0.05) is 35.5 Å². The Balaban J connectivity index is 1.29. The average molecular weight is 508 g/mol. The summed E-state index contributed by atoms with van der Waals surface area (Å²) in [4.78, 5) is 29.3. The minimum Gasteiger partial charge on any atom is -0.390 e. The molecule has 2 bridgehead atoms. The van der Waals surface area contributed by atoms with Gasteiger partial charge in [0.05, 0.1) is 46.4 Å². The predicted octanol–water partition coefficient (Wildman–Crippen LogP) is 3.25. The van der Waals surface area contributed by atoms with Crippen LogP contribution in [0.2, 0.25) is 0 Å². The maximum atomic E-state index is 14.1. The molecule has 9 heteroatoms. The fraction of sp³-hybridized carbons (Fsp3) is 0.345. The molecular weight excluding hydrogens is 482 g/mol. The van der Waals surface area contributed by atoms with Crippen molar-refractivity contribution in [2.75, 3.05) is 4.90 Å². The van der Waals surface area contributed by atoms with Crippen molar-refractivity contribution >= 4 is 39.3 Å². The molecule has 5 atom stereocenters. The summed E-state index contributed by atoms with van der Waals surface area (Å²) in [6.45, 7) is 4.17. The first kappa shape index (κ1) is 23.0. The molecule has 2 amide bonds. The van der Waals surface area contributed by atoms with Crippen molar-refractivity contribution in [1.29, 1.82) is 5.26 Å². The van der Waals surface area contributed by atoms with Gasteiger partial charge in [-0.15, -0.1) is 5.10 Å². The molecule has 190 valence electrons. The Kier molecular flexibility index (Phi) is 4.66. The zero-order chi connectivity index (χ0) is 26.4. The first-order valence-electron chi connectivity index (χ1n) is 12.8. The Bertz CT molecular complexity index is 1720. The van der Waals surface area contributed by atoms with Gasteiger partial charge in [0, 0.05) is 23.7 Å². The molecular formula is C29H25N5O4. The Morgan fingerprint density at radius 3 is 2.66 bits per heavy atom. The van der Waals surface area contributed by atoms with Gasteiger partial charge in [-0.05, 0) is 50.1 Å². The lowest BCUT2D eigenvalue weighted by Crippen LogP contribution is -2.49. The maximum Gasteiger partial charge on any atom is 0.240 e. The molecule has 3 aromatic carbocycles. The normalized spacial score (nSPS) is 29.9. The average Bonchev–Trinajstić information content (AvgIpc) is 3.59. The van der Waals surface area contributed by atoms with E-state index in [1.807, 2.05) is 49.4 Å². The molecule has 4 aromatic rings. The van der Waals surface area contributed by atoms with Crippen molar-refractivity contribution in [3.05, 3.63) is 65.7 Å². The molecule has 3 aliphatic heterocycles.